The smallest absolute Gasteiger partial charge is 0.242 e. The minimum absolute atomic E-state index is 0.131. The van der Waals surface area contributed by atoms with Gasteiger partial charge in [-0.3, -0.25) is 9.59 Å². The minimum Gasteiger partial charge on any atom is -0.384 e. The maximum Gasteiger partial charge on any atom is 0.242 e. The second-order valence-corrected chi connectivity index (χ2v) is 7.68. The zero-order valence-electron chi connectivity index (χ0n) is 16.9. The average Bonchev–Trinajstić information content (AvgIpc) is 3.16. The molecule has 5 N–H and O–H groups in total. The van der Waals surface area contributed by atoms with Crippen LogP contribution in [0.25, 0.3) is 0 Å². The fourth-order valence-electron chi connectivity index (χ4n) is 3.62. The first-order valence-corrected chi connectivity index (χ1v) is 9.99. The molecule has 2 heterocycles. The number of aromatic nitrogens is 1. The van der Waals surface area contributed by atoms with Crippen LogP contribution >= 0.6 is 0 Å². The number of nitrogens with one attached hydrogen (secondary N) is 3. The van der Waals surface area contributed by atoms with E-state index in [1.54, 1.807) is 13.0 Å². The van der Waals surface area contributed by atoms with Gasteiger partial charge < -0.3 is 21.7 Å². The van der Waals surface area contributed by atoms with Crippen LogP contribution in [0.2, 0.25) is 0 Å². The summed E-state index contributed by atoms with van der Waals surface area (Å²) in [6, 6.07) is 13.0. The van der Waals surface area contributed by atoms with Crippen molar-refractivity contribution in [1.82, 2.24) is 20.9 Å². The van der Waals surface area contributed by atoms with Gasteiger partial charge in [0, 0.05) is 12.2 Å². The molecule has 0 aliphatic carbocycles. The summed E-state index contributed by atoms with van der Waals surface area (Å²) >= 11 is 0. The highest BCUT2D eigenvalue weighted by Crippen LogP contribution is 2.19. The Balaban J connectivity index is 1.44. The fourth-order valence-corrected chi connectivity index (χ4v) is 3.62. The molecule has 7 heteroatoms. The molecule has 0 spiro atoms. The molecule has 1 saturated heterocycles. The molecule has 1 aromatic heterocycles. The van der Waals surface area contributed by atoms with Crippen molar-refractivity contribution in [3.05, 3.63) is 59.3 Å². The van der Waals surface area contributed by atoms with Gasteiger partial charge in [0.1, 0.15) is 11.9 Å². The summed E-state index contributed by atoms with van der Waals surface area (Å²) < 4.78 is 0. The number of anilines is 1. The van der Waals surface area contributed by atoms with Crippen LogP contribution < -0.4 is 21.7 Å². The van der Waals surface area contributed by atoms with E-state index in [1.807, 2.05) is 31.2 Å². The summed E-state index contributed by atoms with van der Waals surface area (Å²) in [5.74, 6) is 0.507. The van der Waals surface area contributed by atoms with Gasteiger partial charge in [0.05, 0.1) is 6.04 Å². The molecule has 1 aliphatic heterocycles. The van der Waals surface area contributed by atoms with Crippen LogP contribution in [0.3, 0.4) is 0 Å². The molecule has 0 bridgehead atoms. The lowest BCUT2D eigenvalue weighted by Gasteiger charge is -2.17. The molecule has 0 saturated carbocycles. The largest absolute Gasteiger partial charge is 0.384 e. The molecule has 2 unspecified atom stereocenters. The predicted octanol–water partition coefficient (Wildman–Crippen LogP) is 1.31. The number of carbonyl (C=O) groups excluding carboxylic acids is 2. The maximum absolute atomic E-state index is 12.5. The summed E-state index contributed by atoms with van der Waals surface area (Å²) in [5, 5.41) is 8.94. The van der Waals surface area contributed by atoms with E-state index in [9.17, 15) is 9.59 Å². The molecule has 1 fully saturated rings. The summed E-state index contributed by atoms with van der Waals surface area (Å²) in [6.07, 6.45) is 1.72. The van der Waals surface area contributed by atoms with E-state index in [4.69, 9.17) is 5.73 Å². The van der Waals surface area contributed by atoms with Crippen LogP contribution in [0, 0.1) is 12.8 Å². The Morgan fingerprint density at radius 3 is 2.72 bits per heavy atom. The van der Waals surface area contributed by atoms with E-state index in [-0.39, 0.29) is 17.9 Å². The van der Waals surface area contributed by atoms with Crippen LogP contribution in [-0.4, -0.2) is 35.4 Å². The lowest BCUT2D eigenvalue weighted by atomic mass is 9.96. The van der Waals surface area contributed by atoms with Crippen LogP contribution in [-0.2, 0) is 22.6 Å². The molecule has 0 radical (unpaired) electrons. The number of rotatable bonds is 7. The van der Waals surface area contributed by atoms with E-state index in [1.165, 1.54) is 5.56 Å². The Morgan fingerprint density at radius 1 is 1.24 bits per heavy atom. The highest BCUT2D eigenvalue weighted by molar-refractivity contribution is 5.89. The molecule has 1 aliphatic rings. The van der Waals surface area contributed by atoms with E-state index in [0.717, 1.165) is 30.6 Å². The molecule has 2 amide bonds. The third kappa shape index (κ3) is 5.77. The second-order valence-electron chi connectivity index (χ2n) is 7.68. The molecule has 3 atom stereocenters. The molecule has 7 nitrogen and oxygen atoms in total. The molecular weight excluding hydrogens is 366 g/mol. The Hall–Kier alpha value is -2.93. The molecule has 2 aromatic rings. The number of aryl methyl sites for hydroxylation is 1. The Labute approximate surface area is 171 Å². The third-order valence-electron chi connectivity index (χ3n) is 5.33. The average molecular weight is 396 g/mol. The van der Waals surface area contributed by atoms with Gasteiger partial charge in [-0.25, -0.2) is 4.98 Å². The molecule has 29 heavy (non-hydrogen) atoms. The summed E-state index contributed by atoms with van der Waals surface area (Å²) in [4.78, 5) is 29.1. The topological polar surface area (TPSA) is 109 Å². The van der Waals surface area contributed by atoms with Crippen molar-refractivity contribution in [2.45, 2.75) is 45.3 Å². The fraction of sp³-hybridized carbons (Fsp3) is 0.409. The van der Waals surface area contributed by atoms with E-state index >= 15 is 0 Å². The molecule has 154 valence electrons. The number of carbonyl (C=O) groups is 2. The van der Waals surface area contributed by atoms with Crippen molar-refractivity contribution in [1.29, 1.82) is 0 Å². The van der Waals surface area contributed by atoms with Gasteiger partial charge in [-0.05, 0) is 56.3 Å². The lowest BCUT2D eigenvalue weighted by Crippen LogP contribution is -2.50. The van der Waals surface area contributed by atoms with Gasteiger partial charge in [0.15, 0.2) is 0 Å². The van der Waals surface area contributed by atoms with E-state index in [0.29, 0.717) is 18.3 Å². The van der Waals surface area contributed by atoms with Gasteiger partial charge in [-0.15, -0.1) is 0 Å². The third-order valence-corrected chi connectivity index (χ3v) is 5.33. The van der Waals surface area contributed by atoms with E-state index < -0.39 is 6.04 Å². The first kappa shape index (κ1) is 20.8. The number of nitrogens with zero attached hydrogens (tertiary/aromatic N) is 1. The first-order valence-electron chi connectivity index (χ1n) is 9.99. The highest BCUT2D eigenvalue weighted by Gasteiger charge is 2.30. The van der Waals surface area contributed by atoms with Crippen LogP contribution in [0.5, 0.6) is 0 Å². The van der Waals surface area contributed by atoms with Crippen molar-refractivity contribution < 1.29 is 9.59 Å². The zero-order chi connectivity index (χ0) is 20.8. The molecule has 1 aromatic carbocycles. The van der Waals surface area contributed by atoms with Gasteiger partial charge in [-0.1, -0.05) is 36.4 Å². The standard InChI is InChI=1S/C22H29N5O2/c1-14-18(8-9-20(23)26-14)13-25-21(28)15(2)27-22(29)19-11-17(12-24-19)10-16-6-4-3-5-7-16/h3-9,15,17,19,24H,10-13H2,1-2H3,(H2,23,26)(H,25,28)(H,27,29)/t15-,17?,19?/m0/s1. The maximum atomic E-state index is 12.5. The number of amides is 2. The lowest BCUT2D eigenvalue weighted by molar-refractivity contribution is -0.129. The normalized spacial score (nSPS) is 19.5. The van der Waals surface area contributed by atoms with Gasteiger partial charge in [0.25, 0.3) is 0 Å². The first-order chi connectivity index (χ1) is 13.9. The van der Waals surface area contributed by atoms with Gasteiger partial charge in [0.2, 0.25) is 11.8 Å². The Kier molecular flexibility index (Phi) is 6.82. The second kappa shape index (κ2) is 9.52. The number of hydrogen-bond donors (Lipinski definition) is 4. The quantitative estimate of drug-likeness (QED) is 0.565. The number of nitrogen functional groups attached to an aromatic ring is 1. The number of nitrogens with two attached hydrogens (primary N) is 1. The number of pyridine rings is 1. The van der Waals surface area contributed by atoms with Crippen LogP contribution in [0.1, 0.15) is 30.2 Å². The molecular formula is C22H29N5O2. The van der Waals surface area contributed by atoms with Crippen molar-refractivity contribution in [3.8, 4) is 0 Å². The summed E-state index contributed by atoms with van der Waals surface area (Å²) in [7, 11) is 0. The van der Waals surface area contributed by atoms with Crippen molar-refractivity contribution in [2.75, 3.05) is 12.3 Å². The van der Waals surface area contributed by atoms with Crippen molar-refractivity contribution in [2.24, 2.45) is 5.92 Å². The Morgan fingerprint density at radius 2 is 2.00 bits per heavy atom. The minimum atomic E-state index is -0.612. The zero-order valence-corrected chi connectivity index (χ0v) is 16.9. The summed E-state index contributed by atoms with van der Waals surface area (Å²) in [6.45, 7) is 4.69. The van der Waals surface area contributed by atoms with Gasteiger partial charge in [-0.2, -0.15) is 0 Å². The number of benzene rings is 1. The Bertz CT molecular complexity index is 856. The number of hydrogen-bond acceptors (Lipinski definition) is 5. The van der Waals surface area contributed by atoms with Crippen molar-refractivity contribution >= 4 is 17.6 Å². The van der Waals surface area contributed by atoms with Crippen molar-refractivity contribution in [3.63, 3.8) is 0 Å². The van der Waals surface area contributed by atoms with Crippen LogP contribution in [0.15, 0.2) is 42.5 Å². The van der Waals surface area contributed by atoms with E-state index in [2.05, 4.69) is 33.1 Å². The highest BCUT2D eigenvalue weighted by atomic mass is 16.2. The summed E-state index contributed by atoms with van der Waals surface area (Å²) in [5.41, 5.74) is 8.60. The van der Waals surface area contributed by atoms with Crippen LogP contribution in [0.4, 0.5) is 5.82 Å². The SMILES string of the molecule is Cc1nc(N)ccc1CNC(=O)[C@H](C)NC(=O)C1CC(Cc2ccccc2)CN1. The predicted molar refractivity (Wildman–Crippen MR) is 113 cm³/mol. The monoisotopic (exact) mass is 395 g/mol. The molecule has 3 rings (SSSR count). The van der Waals surface area contributed by atoms with Gasteiger partial charge >= 0.3 is 0 Å².